The number of benzene rings is 6. The zero-order valence-corrected chi connectivity index (χ0v) is 38.7. The summed E-state index contributed by atoms with van der Waals surface area (Å²) in [6.45, 7) is 21.1. The van der Waals surface area contributed by atoms with Crippen LogP contribution in [0, 0.1) is 13.0 Å². The maximum atomic E-state index is 12.3. The van der Waals surface area contributed by atoms with E-state index in [1.165, 1.54) is 5.56 Å². The first kappa shape index (κ1) is 34.1. The summed E-state index contributed by atoms with van der Waals surface area (Å²) in [4.78, 5) is 9.94. The number of para-hydroxylation sites is 1. The Morgan fingerprint density at radius 2 is 1.41 bits per heavy atom. The van der Waals surface area contributed by atoms with Gasteiger partial charge in [-0.05, 0) is 87.7 Å². The van der Waals surface area contributed by atoms with E-state index in [-0.39, 0.29) is 55.1 Å². The molecular formula is C56H56N3OPt-. The number of aryl methyl sites for hydroxylation is 1. The van der Waals surface area contributed by atoms with E-state index in [1.807, 2.05) is 67.6 Å². The average Bonchev–Trinajstić information content (AvgIpc) is 3.69. The van der Waals surface area contributed by atoms with Crippen molar-refractivity contribution in [1.82, 2.24) is 14.5 Å². The summed E-state index contributed by atoms with van der Waals surface area (Å²) in [5.74, 6) is 0.678. The van der Waals surface area contributed by atoms with Crippen molar-refractivity contribution in [3.63, 3.8) is 0 Å². The van der Waals surface area contributed by atoms with Crippen molar-refractivity contribution in [3.05, 3.63) is 168 Å². The fourth-order valence-corrected chi connectivity index (χ4v) is 7.69. The van der Waals surface area contributed by atoms with E-state index in [4.69, 9.17) is 14.6 Å². The first-order chi connectivity index (χ1) is 31.8. The first-order valence-electron chi connectivity index (χ1n) is 24.6. The average molecular weight is 990 g/mol. The zero-order valence-electron chi connectivity index (χ0n) is 44.5. The fourth-order valence-electron chi connectivity index (χ4n) is 7.69. The van der Waals surface area contributed by atoms with Crippen molar-refractivity contribution < 1.29 is 37.1 Å². The molecule has 2 aromatic heterocycles. The molecule has 6 aromatic carbocycles. The topological polar surface area (TPSA) is 50.9 Å². The molecule has 0 aliphatic rings. The molecule has 1 N–H and O–H groups in total. The predicted molar refractivity (Wildman–Crippen MR) is 252 cm³/mol. The molecule has 61 heavy (non-hydrogen) atoms. The van der Waals surface area contributed by atoms with Crippen LogP contribution in [0.5, 0.6) is 5.75 Å². The number of phenolic OH excluding ortho intramolecular Hbond substituents is 1. The first-order valence-corrected chi connectivity index (χ1v) is 20.6. The quantitative estimate of drug-likeness (QED) is 0.154. The van der Waals surface area contributed by atoms with Gasteiger partial charge in [0.1, 0.15) is 11.6 Å². The monoisotopic (exact) mass is 989 g/mol. The number of pyridine rings is 1. The summed E-state index contributed by atoms with van der Waals surface area (Å²) >= 11 is 0. The molecule has 0 unspecified atom stereocenters. The Balaban J connectivity index is 0.00000703. The Morgan fingerprint density at radius 1 is 0.689 bits per heavy atom. The number of nitrogens with zero attached hydrogens (tertiary/aromatic N) is 3. The van der Waals surface area contributed by atoms with Gasteiger partial charge in [-0.25, -0.2) is 4.98 Å². The third-order valence-corrected chi connectivity index (χ3v) is 11.6. The molecule has 0 aliphatic carbocycles. The molecule has 5 heteroatoms. The molecule has 0 aliphatic heterocycles. The second-order valence-electron chi connectivity index (χ2n) is 18.4. The second kappa shape index (κ2) is 16.7. The van der Waals surface area contributed by atoms with Crippen LogP contribution in [0.4, 0.5) is 0 Å². The predicted octanol–water partition coefficient (Wildman–Crippen LogP) is 14.8. The molecule has 0 radical (unpaired) electrons. The van der Waals surface area contributed by atoms with Crippen LogP contribution < -0.4 is 0 Å². The van der Waals surface area contributed by atoms with Crippen LogP contribution in [0.2, 0.25) is 0 Å². The Labute approximate surface area is 388 Å². The third kappa shape index (κ3) is 8.53. The second-order valence-corrected chi connectivity index (χ2v) is 18.4. The van der Waals surface area contributed by atoms with E-state index in [2.05, 4.69) is 108 Å². The van der Waals surface area contributed by atoms with E-state index in [0.717, 1.165) is 45.4 Å². The van der Waals surface area contributed by atoms with Gasteiger partial charge in [-0.1, -0.05) is 164 Å². The summed E-state index contributed by atoms with van der Waals surface area (Å²) in [7, 11) is 0. The van der Waals surface area contributed by atoms with Gasteiger partial charge in [0.25, 0.3) is 0 Å². The van der Waals surface area contributed by atoms with Gasteiger partial charge in [0.2, 0.25) is 0 Å². The fraction of sp³-hybridized carbons (Fsp3) is 0.250. The van der Waals surface area contributed by atoms with Crippen molar-refractivity contribution in [2.24, 2.45) is 0 Å². The standard InChI is InChI=1S/C56H56N3O.Pt/c1-11-56(9,10)42-25-26-49(45(35-42)38-21-16-13-17-22-38)59-50-24-18-23-44(51(50)58-53(59)46-29-36(2)30-47(52(46)60)55(6,7)8)40-31-41(33-43(32-40)54(3,4)5)48-34-39(27-28-57-48)37-19-14-12-15-20-37;/h12-30,32-35,60H,11H2,1-10H3;/q-1;/i12D,14D,15D,19D,20D,27D,28D,34D;. The Bertz CT molecular complexity index is 3300. The number of hydrogen-bond donors (Lipinski definition) is 1. The largest absolute Gasteiger partial charge is 0.507 e. The molecular weight excluding hydrogens is 926 g/mol. The minimum atomic E-state index is -0.606. The van der Waals surface area contributed by atoms with Crippen molar-refractivity contribution in [3.8, 4) is 67.5 Å². The van der Waals surface area contributed by atoms with Gasteiger partial charge in [0.15, 0.2) is 0 Å². The number of aromatic hydroxyl groups is 1. The summed E-state index contributed by atoms with van der Waals surface area (Å²) < 4.78 is 71.6. The molecule has 0 atom stereocenters. The van der Waals surface area contributed by atoms with E-state index >= 15 is 0 Å². The van der Waals surface area contributed by atoms with Gasteiger partial charge in [-0.2, -0.15) is 0 Å². The molecule has 0 saturated heterocycles. The minimum Gasteiger partial charge on any atom is -0.507 e. The molecule has 312 valence electrons. The zero-order chi connectivity index (χ0) is 49.5. The summed E-state index contributed by atoms with van der Waals surface area (Å²) in [5, 5.41) is 12.3. The molecule has 0 saturated carbocycles. The van der Waals surface area contributed by atoms with Crippen LogP contribution in [0.1, 0.15) is 102 Å². The Morgan fingerprint density at radius 3 is 2.10 bits per heavy atom. The van der Waals surface area contributed by atoms with Gasteiger partial charge in [0, 0.05) is 44.1 Å². The van der Waals surface area contributed by atoms with Crippen molar-refractivity contribution in [2.45, 2.75) is 91.9 Å². The summed E-state index contributed by atoms with van der Waals surface area (Å²) in [5.41, 5.74) is 8.66. The van der Waals surface area contributed by atoms with Crippen LogP contribution >= 0.6 is 0 Å². The normalized spacial score (nSPS) is 13.9. The number of phenols is 1. The van der Waals surface area contributed by atoms with Crippen LogP contribution in [0.3, 0.4) is 0 Å². The van der Waals surface area contributed by atoms with E-state index in [1.54, 1.807) is 0 Å². The van der Waals surface area contributed by atoms with E-state index in [9.17, 15) is 6.48 Å². The maximum absolute atomic E-state index is 12.3. The summed E-state index contributed by atoms with van der Waals surface area (Å²) in [6.07, 6.45) is 0.416. The number of aromatic nitrogens is 3. The van der Waals surface area contributed by atoms with Crippen LogP contribution in [-0.4, -0.2) is 19.6 Å². The number of fused-ring (bicyclic) bond motifs is 1. The Kier molecular flexibility index (Phi) is 9.33. The number of hydrogen-bond acceptors (Lipinski definition) is 3. The van der Waals surface area contributed by atoms with Gasteiger partial charge in [-0.3, -0.25) is 9.55 Å². The van der Waals surface area contributed by atoms with Gasteiger partial charge >= 0.3 is 0 Å². The van der Waals surface area contributed by atoms with E-state index in [0.29, 0.717) is 33.6 Å². The Hall–Kier alpha value is -5.57. The molecule has 4 nitrogen and oxygen atoms in total. The summed E-state index contributed by atoms with van der Waals surface area (Å²) in [6, 6.07) is 30.4. The molecule has 8 aromatic rings. The van der Waals surface area contributed by atoms with Crippen LogP contribution in [0.15, 0.2) is 139 Å². The van der Waals surface area contributed by atoms with Gasteiger partial charge in [0.05, 0.1) is 33.3 Å². The molecule has 0 amide bonds. The van der Waals surface area contributed by atoms with Gasteiger partial charge < -0.3 is 5.11 Å². The van der Waals surface area contributed by atoms with Crippen molar-refractivity contribution in [2.75, 3.05) is 0 Å². The molecule has 0 fully saturated rings. The van der Waals surface area contributed by atoms with Crippen molar-refractivity contribution >= 4 is 11.0 Å². The molecule has 0 spiro atoms. The SMILES string of the molecule is [2H]c1nc(-c2[c-]c(-c3cccc4c3nc(-c3cc(C)cc(C(C)(C)C)c3O)n4-c3ccc(C(C)(C)CC)cc3-c3ccccc3)cc(C(C)(C)C)c2)c([2H])c(-c2c([2H])c([2H])c([2H])c([2H])c2[2H])c1[2H].[Pt]. The molecule has 2 heterocycles. The van der Waals surface area contributed by atoms with E-state index < -0.39 is 53.3 Å². The maximum Gasteiger partial charge on any atom is 0.148 e. The van der Waals surface area contributed by atoms with Crippen molar-refractivity contribution in [1.29, 1.82) is 0 Å². The number of imidazole rings is 1. The van der Waals surface area contributed by atoms with Crippen LogP contribution in [-0.2, 0) is 37.3 Å². The third-order valence-electron chi connectivity index (χ3n) is 11.6. The van der Waals surface area contributed by atoms with Crippen LogP contribution in [0.25, 0.3) is 72.7 Å². The molecule has 8 rings (SSSR count). The molecule has 0 bridgehead atoms. The number of rotatable bonds is 8. The van der Waals surface area contributed by atoms with Gasteiger partial charge in [-0.15, -0.1) is 29.3 Å². The minimum absolute atomic E-state index is 0. The smallest absolute Gasteiger partial charge is 0.148 e.